The molecular formula is C22H20ClF6N3O. The van der Waals surface area contributed by atoms with E-state index >= 15 is 0 Å². The molecule has 1 saturated carbocycles. The predicted molar refractivity (Wildman–Crippen MR) is 109 cm³/mol. The van der Waals surface area contributed by atoms with Gasteiger partial charge in [-0.15, -0.1) is 0 Å². The van der Waals surface area contributed by atoms with Crippen LogP contribution in [0, 0.1) is 5.92 Å². The molecule has 1 aliphatic heterocycles. The van der Waals surface area contributed by atoms with Gasteiger partial charge in [-0.2, -0.15) is 26.3 Å². The largest absolute Gasteiger partial charge is 0.417 e. The van der Waals surface area contributed by atoms with Crippen molar-refractivity contribution < 1.29 is 31.1 Å². The summed E-state index contributed by atoms with van der Waals surface area (Å²) in [4.78, 5) is 16.8. The number of carbonyl (C=O) groups excluding carboxylic acids is 1. The number of aromatic nitrogens is 1. The van der Waals surface area contributed by atoms with Gasteiger partial charge in [0, 0.05) is 11.7 Å². The smallest absolute Gasteiger partial charge is 0.342 e. The number of amides is 1. The van der Waals surface area contributed by atoms with Crippen LogP contribution < -0.4 is 10.6 Å². The van der Waals surface area contributed by atoms with Crippen LogP contribution in [0.25, 0.3) is 0 Å². The Labute approximate surface area is 190 Å². The first-order valence-corrected chi connectivity index (χ1v) is 10.7. The number of nitrogens with one attached hydrogen (secondary N) is 2. The van der Waals surface area contributed by atoms with Crippen LogP contribution in [-0.4, -0.2) is 23.0 Å². The number of hydrogen-bond acceptors (Lipinski definition) is 3. The lowest BCUT2D eigenvalue weighted by Gasteiger charge is -2.41. The zero-order valence-corrected chi connectivity index (χ0v) is 17.9. The van der Waals surface area contributed by atoms with Crippen LogP contribution in [0.15, 0.2) is 36.5 Å². The van der Waals surface area contributed by atoms with Gasteiger partial charge in [0.15, 0.2) is 0 Å². The van der Waals surface area contributed by atoms with Crippen molar-refractivity contribution in [3.8, 4) is 0 Å². The molecule has 4 nitrogen and oxygen atoms in total. The Hall–Kier alpha value is -2.33. The summed E-state index contributed by atoms with van der Waals surface area (Å²) < 4.78 is 79.8. The van der Waals surface area contributed by atoms with Crippen molar-refractivity contribution in [3.05, 3.63) is 63.9 Å². The van der Waals surface area contributed by atoms with E-state index in [4.69, 9.17) is 11.6 Å². The van der Waals surface area contributed by atoms with E-state index in [-0.39, 0.29) is 5.56 Å². The fourth-order valence-corrected chi connectivity index (χ4v) is 5.23. The van der Waals surface area contributed by atoms with Crippen molar-refractivity contribution in [1.29, 1.82) is 0 Å². The van der Waals surface area contributed by atoms with E-state index in [0.717, 1.165) is 31.2 Å². The standard InChI is InChI=1S/C22H20ClF6N3O/c23-16-15(22(27,28)29)6-8-30-17(16)19(33)32-18(20-7-2-3-12(10-20)11-31-20)13-4-1-5-14(9-13)21(24,25)26/h1,4-6,8-9,12,18,31H,2-3,7,10-11H2,(H,32,33). The second-order valence-corrected chi connectivity index (χ2v) is 8.93. The van der Waals surface area contributed by atoms with Crippen molar-refractivity contribution in [2.75, 3.05) is 6.54 Å². The highest BCUT2D eigenvalue weighted by Crippen LogP contribution is 2.46. The average molecular weight is 492 g/mol. The van der Waals surface area contributed by atoms with Crippen LogP contribution in [0.4, 0.5) is 26.3 Å². The molecular weight excluding hydrogens is 472 g/mol. The van der Waals surface area contributed by atoms with E-state index in [1.54, 1.807) is 0 Å². The van der Waals surface area contributed by atoms with Gasteiger partial charge >= 0.3 is 12.4 Å². The Kier molecular flexibility index (Phi) is 6.11. The monoisotopic (exact) mass is 491 g/mol. The first-order chi connectivity index (χ1) is 15.4. The summed E-state index contributed by atoms with van der Waals surface area (Å²) in [6.07, 6.45) is -5.58. The molecule has 1 aromatic carbocycles. The molecule has 1 aliphatic carbocycles. The Morgan fingerprint density at radius 2 is 1.94 bits per heavy atom. The van der Waals surface area contributed by atoms with Gasteiger partial charge in [0.1, 0.15) is 5.69 Å². The molecule has 2 aliphatic rings. The number of pyridine rings is 1. The molecule has 33 heavy (non-hydrogen) atoms. The normalized spacial score (nSPS) is 23.9. The number of carbonyl (C=O) groups is 1. The Morgan fingerprint density at radius 1 is 1.18 bits per heavy atom. The summed E-state index contributed by atoms with van der Waals surface area (Å²) in [7, 11) is 0. The Balaban J connectivity index is 1.74. The number of nitrogens with zero attached hydrogens (tertiary/aromatic N) is 1. The number of fused-ring (bicyclic) bond motifs is 2. The topological polar surface area (TPSA) is 54.0 Å². The lowest BCUT2D eigenvalue weighted by Crippen LogP contribution is -2.52. The van der Waals surface area contributed by atoms with Crippen LogP contribution in [0.5, 0.6) is 0 Å². The molecule has 4 rings (SSSR count). The van der Waals surface area contributed by atoms with E-state index < -0.39 is 51.7 Å². The molecule has 2 N–H and O–H groups in total. The van der Waals surface area contributed by atoms with Crippen molar-refractivity contribution in [1.82, 2.24) is 15.6 Å². The molecule has 1 aromatic heterocycles. The third kappa shape index (κ3) is 4.68. The van der Waals surface area contributed by atoms with Crippen LogP contribution in [-0.2, 0) is 12.4 Å². The number of halogens is 7. The van der Waals surface area contributed by atoms with E-state index in [0.29, 0.717) is 31.4 Å². The molecule has 2 fully saturated rings. The molecule has 0 spiro atoms. The van der Waals surface area contributed by atoms with Crippen LogP contribution in [0.1, 0.15) is 58.9 Å². The summed E-state index contributed by atoms with van der Waals surface area (Å²) in [6, 6.07) is 4.34. The highest BCUT2D eigenvalue weighted by Gasteiger charge is 2.49. The highest BCUT2D eigenvalue weighted by molar-refractivity contribution is 6.34. The average Bonchev–Trinajstić information content (AvgIpc) is 3.04. The lowest BCUT2D eigenvalue weighted by molar-refractivity contribution is -0.138. The van der Waals surface area contributed by atoms with Crippen molar-refractivity contribution in [2.45, 2.75) is 49.6 Å². The maximum absolute atomic E-state index is 13.4. The van der Waals surface area contributed by atoms with E-state index in [2.05, 4.69) is 15.6 Å². The molecule has 2 bridgehead atoms. The number of alkyl halides is 6. The molecule has 3 atom stereocenters. The fourth-order valence-electron chi connectivity index (χ4n) is 4.93. The number of hydrogen-bond donors (Lipinski definition) is 2. The van der Waals surface area contributed by atoms with Crippen LogP contribution in [0.2, 0.25) is 5.02 Å². The van der Waals surface area contributed by atoms with Gasteiger partial charge in [-0.3, -0.25) is 4.79 Å². The minimum absolute atomic E-state index is 0.205. The zero-order valence-electron chi connectivity index (χ0n) is 17.2. The first-order valence-electron chi connectivity index (χ1n) is 10.4. The number of rotatable bonds is 4. The summed E-state index contributed by atoms with van der Waals surface area (Å²) in [5, 5.41) is 5.16. The highest BCUT2D eigenvalue weighted by atomic mass is 35.5. The summed E-state index contributed by atoms with van der Waals surface area (Å²) in [5.41, 5.74) is -3.25. The quantitative estimate of drug-likeness (QED) is 0.533. The Bertz CT molecular complexity index is 1050. The van der Waals surface area contributed by atoms with Gasteiger partial charge in [0.2, 0.25) is 0 Å². The van der Waals surface area contributed by atoms with Crippen LogP contribution >= 0.6 is 11.6 Å². The van der Waals surface area contributed by atoms with Gasteiger partial charge in [-0.1, -0.05) is 30.2 Å². The molecule has 1 saturated heterocycles. The molecule has 2 heterocycles. The lowest BCUT2D eigenvalue weighted by atomic mass is 9.73. The van der Waals surface area contributed by atoms with Crippen molar-refractivity contribution in [3.63, 3.8) is 0 Å². The SMILES string of the molecule is O=C(NC(c1cccc(C(F)(F)F)c1)C12CCCC(CN1)C2)c1nccc(C(F)(F)F)c1Cl. The zero-order chi connectivity index (χ0) is 24.0. The van der Waals surface area contributed by atoms with Gasteiger partial charge in [0.05, 0.1) is 22.2 Å². The molecule has 2 aromatic rings. The summed E-state index contributed by atoms with van der Waals surface area (Å²) in [5.74, 6) is -0.682. The van der Waals surface area contributed by atoms with Gasteiger partial charge in [0.25, 0.3) is 5.91 Å². The predicted octanol–water partition coefficient (Wildman–Crippen LogP) is 5.78. The second kappa shape index (κ2) is 8.47. The number of benzene rings is 1. The van der Waals surface area contributed by atoms with Gasteiger partial charge in [-0.05, 0) is 55.5 Å². The summed E-state index contributed by atoms with van der Waals surface area (Å²) >= 11 is 5.86. The third-order valence-corrected chi connectivity index (χ3v) is 6.80. The summed E-state index contributed by atoms with van der Waals surface area (Å²) in [6.45, 7) is 0.647. The minimum Gasteiger partial charge on any atom is -0.342 e. The maximum atomic E-state index is 13.4. The third-order valence-electron chi connectivity index (χ3n) is 6.42. The maximum Gasteiger partial charge on any atom is 0.417 e. The Morgan fingerprint density at radius 3 is 2.64 bits per heavy atom. The van der Waals surface area contributed by atoms with Gasteiger partial charge in [-0.25, -0.2) is 4.98 Å². The van der Waals surface area contributed by atoms with Crippen molar-refractivity contribution >= 4 is 17.5 Å². The molecule has 1 amide bonds. The molecule has 178 valence electrons. The second-order valence-electron chi connectivity index (χ2n) is 8.55. The molecule has 11 heteroatoms. The van der Waals surface area contributed by atoms with Crippen molar-refractivity contribution in [2.24, 2.45) is 5.92 Å². The van der Waals surface area contributed by atoms with Crippen LogP contribution in [0.3, 0.4) is 0 Å². The fraction of sp³-hybridized carbons (Fsp3) is 0.455. The van der Waals surface area contributed by atoms with E-state index in [1.807, 2.05) is 0 Å². The molecule has 0 radical (unpaired) electrons. The minimum atomic E-state index is -4.79. The molecule has 3 unspecified atom stereocenters. The van der Waals surface area contributed by atoms with E-state index in [1.165, 1.54) is 12.1 Å². The van der Waals surface area contributed by atoms with Gasteiger partial charge < -0.3 is 10.6 Å². The van der Waals surface area contributed by atoms with E-state index in [9.17, 15) is 31.1 Å². The first kappa shape index (κ1) is 23.8.